The summed E-state index contributed by atoms with van der Waals surface area (Å²) in [7, 11) is 0. The Labute approximate surface area is 126 Å². The molecule has 0 saturated heterocycles. The zero-order chi connectivity index (χ0) is 14.8. The molecule has 0 aliphatic rings. The third-order valence-corrected chi connectivity index (χ3v) is 3.00. The number of nitrogens with zero attached hydrogens (tertiary/aromatic N) is 5. The van der Waals surface area contributed by atoms with Crippen LogP contribution in [0, 0.1) is 13.8 Å². The second kappa shape index (κ2) is 5.49. The molecular weight excluding hydrogens is 290 g/mol. The highest BCUT2D eigenvalue weighted by Crippen LogP contribution is 2.24. The van der Waals surface area contributed by atoms with E-state index >= 15 is 0 Å². The van der Waals surface area contributed by atoms with Gasteiger partial charge in [-0.2, -0.15) is 20.1 Å². The molecule has 2 heterocycles. The molecule has 106 valence electrons. The van der Waals surface area contributed by atoms with Gasteiger partial charge < -0.3 is 4.74 Å². The van der Waals surface area contributed by atoms with E-state index in [1.807, 2.05) is 32.0 Å². The number of ether oxygens (including phenoxy) is 1. The van der Waals surface area contributed by atoms with Gasteiger partial charge in [0, 0.05) is 12.4 Å². The van der Waals surface area contributed by atoms with Crippen LogP contribution in [0.5, 0.6) is 11.8 Å². The van der Waals surface area contributed by atoms with Gasteiger partial charge in [0.1, 0.15) is 5.75 Å². The van der Waals surface area contributed by atoms with Crippen molar-refractivity contribution in [3.8, 4) is 17.7 Å². The first kappa shape index (κ1) is 13.5. The van der Waals surface area contributed by atoms with E-state index in [2.05, 4.69) is 20.1 Å². The zero-order valence-electron chi connectivity index (χ0n) is 11.5. The summed E-state index contributed by atoms with van der Waals surface area (Å²) < 4.78 is 7.21. The number of halogens is 1. The maximum atomic E-state index is 5.92. The monoisotopic (exact) mass is 301 g/mol. The van der Waals surface area contributed by atoms with Crippen molar-refractivity contribution >= 4 is 11.6 Å². The van der Waals surface area contributed by atoms with Gasteiger partial charge >= 0.3 is 6.01 Å². The molecule has 0 amide bonds. The van der Waals surface area contributed by atoms with Crippen LogP contribution in [-0.4, -0.2) is 24.7 Å². The third kappa shape index (κ3) is 3.00. The highest BCUT2D eigenvalue weighted by atomic mass is 35.5. The summed E-state index contributed by atoms with van der Waals surface area (Å²) in [4.78, 5) is 12.2. The first-order valence-corrected chi connectivity index (χ1v) is 6.66. The Hall–Kier alpha value is -2.47. The first-order chi connectivity index (χ1) is 10.1. The van der Waals surface area contributed by atoms with Crippen molar-refractivity contribution in [1.29, 1.82) is 0 Å². The normalized spacial score (nSPS) is 10.6. The Morgan fingerprint density at radius 1 is 1.14 bits per heavy atom. The molecule has 6 nitrogen and oxygen atoms in total. The number of hydrogen-bond donors (Lipinski definition) is 0. The molecule has 0 atom stereocenters. The Morgan fingerprint density at radius 3 is 2.76 bits per heavy atom. The smallest absolute Gasteiger partial charge is 0.328 e. The summed E-state index contributed by atoms with van der Waals surface area (Å²) in [5.41, 5.74) is 2.07. The molecule has 0 fully saturated rings. The van der Waals surface area contributed by atoms with Crippen LogP contribution in [0.3, 0.4) is 0 Å². The van der Waals surface area contributed by atoms with E-state index in [4.69, 9.17) is 16.3 Å². The minimum absolute atomic E-state index is 0.0517. The second-order valence-corrected chi connectivity index (χ2v) is 4.85. The van der Waals surface area contributed by atoms with Gasteiger partial charge in [0.15, 0.2) is 0 Å². The fraction of sp³-hybridized carbons (Fsp3) is 0.143. The lowest BCUT2D eigenvalue weighted by Gasteiger charge is -2.09. The van der Waals surface area contributed by atoms with Crippen LogP contribution < -0.4 is 4.74 Å². The number of benzene rings is 1. The second-order valence-electron chi connectivity index (χ2n) is 4.51. The number of aromatic nitrogens is 5. The van der Waals surface area contributed by atoms with E-state index in [1.165, 1.54) is 4.68 Å². The Morgan fingerprint density at radius 2 is 2.00 bits per heavy atom. The van der Waals surface area contributed by atoms with Crippen molar-refractivity contribution in [3.05, 3.63) is 53.1 Å². The van der Waals surface area contributed by atoms with Crippen molar-refractivity contribution in [2.45, 2.75) is 13.8 Å². The van der Waals surface area contributed by atoms with E-state index in [9.17, 15) is 0 Å². The fourth-order valence-electron chi connectivity index (χ4n) is 1.77. The average Bonchev–Trinajstić information content (AvgIpc) is 2.96. The van der Waals surface area contributed by atoms with Gasteiger partial charge in [0.05, 0.1) is 0 Å². The molecule has 7 heteroatoms. The van der Waals surface area contributed by atoms with Crippen LogP contribution in [0.2, 0.25) is 5.28 Å². The minimum Gasteiger partial charge on any atom is -0.424 e. The largest absolute Gasteiger partial charge is 0.424 e. The molecule has 3 rings (SSSR count). The molecule has 2 aromatic heterocycles. The maximum Gasteiger partial charge on any atom is 0.328 e. The average molecular weight is 302 g/mol. The topological polar surface area (TPSA) is 65.7 Å². The van der Waals surface area contributed by atoms with Crippen molar-refractivity contribution in [2.24, 2.45) is 0 Å². The van der Waals surface area contributed by atoms with E-state index in [1.54, 1.807) is 18.5 Å². The minimum atomic E-state index is 0.0517. The lowest BCUT2D eigenvalue weighted by molar-refractivity contribution is 0.434. The van der Waals surface area contributed by atoms with Crippen LogP contribution in [0.1, 0.15) is 11.1 Å². The quantitative estimate of drug-likeness (QED) is 0.743. The van der Waals surface area contributed by atoms with Crippen LogP contribution in [0.4, 0.5) is 0 Å². The first-order valence-electron chi connectivity index (χ1n) is 6.28. The molecule has 0 radical (unpaired) electrons. The predicted octanol–water partition coefficient (Wildman–Crippen LogP) is 3.12. The van der Waals surface area contributed by atoms with Gasteiger partial charge in [-0.25, -0.2) is 4.68 Å². The maximum absolute atomic E-state index is 5.92. The zero-order valence-corrected chi connectivity index (χ0v) is 12.2. The summed E-state index contributed by atoms with van der Waals surface area (Å²) in [5, 5.41) is 4.11. The summed E-state index contributed by atoms with van der Waals surface area (Å²) in [6.45, 7) is 3.94. The third-order valence-electron chi connectivity index (χ3n) is 2.83. The molecule has 0 aliphatic heterocycles. The van der Waals surface area contributed by atoms with Gasteiger partial charge in [-0.3, -0.25) is 0 Å². The van der Waals surface area contributed by atoms with Gasteiger partial charge in [-0.05, 0) is 48.7 Å². The summed E-state index contributed by atoms with van der Waals surface area (Å²) in [6, 6.07) is 7.80. The van der Waals surface area contributed by atoms with E-state index in [-0.39, 0.29) is 11.3 Å². The summed E-state index contributed by atoms with van der Waals surface area (Å²) >= 11 is 5.92. The predicted molar refractivity (Wildman–Crippen MR) is 77.9 cm³/mol. The number of aryl methyl sites for hydroxylation is 2. The van der Waals surface area contributed by atoms with Crippen molar-refractivity contribution < 1.29 is 4.74 Å². The highest BCUT2D eigenvalue weighted by molar-refractivity contribution is 6.28. The van der Waals surface area contributed by atoms with Gasteiger partial charge in [-0.1, -0.05) is 12.1 Å². The lowest BCUT2D eigenvalue weighted by atomic mass is 10.1. The van der Waals surface area contributed by atoms with E-state index < -0.39 is 0 Å². The molecule has 0 unspecified atom stereocenters. The summed E-state index contributed by atoms with van der Waals surface area (Å²) in [6.07, 6.45) is 3.34. The van der Waals surface area contributed by atoms with Crippen molar-refractivity contribution in [2.75, 3.05) is 0 Å². The van der Waals surface area contributed by atoms with E-state index in [0.717, 1.165) is 11.1 Å². The molecule has 0 saturated carbocycles. The SMILES string of the molecule is Cc1ccc(C)c(Oc2nc(Cl)nc(-n3cccn3)n2)c1. The molecule has 1 aromatic carbocycles. The molecule has 0 N–H and O–H groups in total. The van der Waals surface area contributed by atoms with Crippen molar-refractivity contribution in [1.82, 2.24) is 24.7 Å². The number of rotatable bonds is 3. The highest BCUT2D eigenvalue weighted by Gasteiger charge is 2.10. The summed E-state index contributed by atoms with van der Waals surface area (Å²) in [5.74, 6) is 0.990. The van der Waals surface area contributed by atoms with Crippen LogP contribution in [0.25, 0.3) is 5.95 Å². The molecule has 0 spiro atoms. The molecule has 0 aliphatic carbocycles. The standard InChI is InChI=1S/C14H12ClN5O/c1-9-4-5-10(2)11(8-9)21-14-18-12(15)17-13(19-14)20-7-3-6-16-20/h3-8H,1-2H3. The Bertz CT molecular complexity index is 773. The number of hydrogen-bond acceptors (Lipinski definition) is 5. The van der Waals surface area contributed by atoms with Crippen LogP contribution in [0.15, 0.2) is 36.7 Å². The van der Waals surface area contributed by atoms with Crippen LogP contribution >= 0.6 is 11.6 Å². The van der Waals surface area contributed by atoms with Crippen molar-refractivity contribution in [3.63, 3.8) is 0 Å². The van der Waals surface area contributed by atoms with Gasteiger partial charge in [0.25, 0.3) is 5.95 Å². The van der Waals surface area contributed by atoms with Gasteiger partial charge in [-0.15, -0.1) is 0 Å². The van der Waals surface area contributed by atoms with Crippen LogP contribution in [-0.2, 0) is 0 Å². The fourth-order valence-corrected chi connectivity index (χ4v) is 1.92. The van der Waals surface area contributed by atoms with Gasteiger partial charge in [0.2, 0.25) is 5.28 Å². The molecule has 21 heavy (non-hydrogen) atoms. The Balaban J connectivity index is 1.97. The Kier molecular flexibility index (Phi) is 3.53. The van der Waals surface area contributed by atoms with E-state index in [0.29, 0.717) is 11.7 Å². The molecule has 0 bridgehead atoms. The molecular formula is C14H12ClN5O. The lowest BCUT2D eigenvalue weighted by Crippen LogP contribution is -2.05. The molecule has 3 aromatic rings.